The Kier molecular flexibility index (Phi) is 2.02. The number of nitrogens with one attached hydrogen (secondary N) is 1. The molecule has 0 unspecified atom stereocenters. The quantitative estimate of drug-likeness (QED) is 0.543. The molecule has 0 atom stereocenters. The first-order valence-corrected chi connectivity index (χ1v) is 4.93. The van der Waals surface area contributed by atoms with Crippen molar-refractivity contribution in [1.29, 1.82) is 0 Å². The maximum atomic E-state index is 11.4. The fourth-order valence-corrected chi connectivity index (χ4v) is 1.44. The van der Waals surface area contributed by atoms with E-state index in [4.69, 9.17) is 0 Å². The summed E-state index contributed by atoms with van der Waals surface area (Å²) >= 11 is 1.40. The summed E-state index contributed by atoms with van der Waals surface area (Å²) in [7, 11) is 0. The Morgan fingerprint density at radius 2 is 2.38 bits per heavy atom. The molecule has 0 saturated heterocycles. The Hall–Kier alpha value is -1.36. The molecule has 0 amide bonds. The molecule has 0 bridgehead atoms. The Bertz CT molecular complexity index is 494. The molecule has 2 heterocycles. The lowest BCUT2D eigenvalue weighted by molar-refractivity contribution is 0.969. The number of fused-ring (bicyclic) bond motifs is 1. The van der Waals surface area contributed by atoms with Crippen molar-refractivity contribution in [2.75, 3.05) is 6.26 Å². The van der Waals surface area contributed by atoms with Crippen molar-refractivity contribution < 1.29 is 0 Å². The van der Waals surface area contributed by atoms with Gasteiger partial charge >= 0.3 is 0 Å². The molecule has 0 saturated carbocycles. The van der Waals surface area contributed by atoms with Crippen LogP contribution >= 0.6 is 11.8 Å². The number of thioether (sulfide) groups is 1. The molecule has 0 radical (unpaired) electrons. The average molecular weight is 193 g/mol. The largest absolute Gasteiger partial charge is 0.300 e. The van der Waals surface area contributed by atoms with Gasteiger partial charge in [0.05, 0.1) is 5.52 Å². The Morgan fingerprint density at radius 3 is 3.15 bits per heavy atom. The number of H-pyrrole nitrogens is 1. The van der Waals surface area contributed by atoms with Crippen molar-refractivity contribution in [2.45, 2.75) is 5.16 Å². The number of hydrogen-bond acceptors (Lipinski definition) is 4. The fourth-order valence-electron chi connectivity index (χ4n) is 1.05. The van der Waals surface area contributed by atoms with Crippen molar-refractivity contribution in [3.05, 3.63) is 28.7 Å². The third kappa shape index (κ3) is 1.42. The van der Waals surface area contributed by atoms with Crippen LogP contribution in [0.3, 0.4) is 0 Å². The molecule has 0 aromatic carbocycles. The topological polar surface area (TPSA) is 58.6 Å². The van der Waals surface area contributed by atoms with Crippen LogP contribution in [0.1, 0.15) is 0 Å². The first-order chi connectivity index (χ1) is 6.31. The highest BCUT2D eigenvalue weighted by atomic mass is 32.2. The van der Waals surface area contributed by atoms with Crippen LogP contribution in [0.4, 0.5) is 0 Å². The Labute approximate surface area is 78.4 Å². The zero-order chi connectivity index (χ0) is 9.26. The van der Waals surface area contributed by atoms with E-state index in [1.807, 2.05) is 6.26 Å². The maximum absolute atomic E-state index is 11.4. The van der Waals surface area contributed by atoms with Gasteiger partial charge in [0.15, 0.2) is 10.7 Å². The molecule has 0 aliphatic carbocycles. The molecule has 2 rings (SSSR count). The highest BCUT2D eigenvalue weighted by Gasteiger charge is 2.01. The number of hydrogen-bond donors (Lipinski definition) is 1. The van der Waals surface area contributed by atoms with Crippen molar-refractivity contribution in [3.63, 3.8) is 0 Å². The predicted molar refractivity (Wildman–Crippen MR) is 51.9 cm³/mol. The summed E-state index contributed by atoms with van der Waals surface area (Å²) < 4.78 is 0. The number of aromatic amines is 1. The van der Waals surface area contributed by atoms with Crippen LogP contribution in [-0.2, 0) is 0 Å². The molecule has 0 aliphatic heterocycles. The number of aromatic nitrogens is 3. The van der Waals surface area contributed by atoms with Crippen LogP contribution in [0.25, 0.3) is 11.0 Å². The van der Waals surface area contributed by atoms with E-state index in [1.54, 1.807) is 18.3 Å². The van der Waals surface area contributed by atoms with Gasteiger partial charge in [0, 0.05) is 6.20 Å². The SMILES string of the molecule is CSc1nc2cccnc2c(=O)[nH]1. The van der Waals surface area contributed by atoms with E-state index in [9.17, 15) is 4.79 Å². The molecule has 2 aromatic heterocycles. The van der Waals surface area contributed by atoms with E-state index in [2.05, 4.69) is 15.0 Å². The van der Waals surface area contributed by atoms with Gasteiger partial charge in [0.1, 0.15) is 0 Å². The first kappa shape index (κ1) is 8.25. The Morgan fingerprint density at radius 1 is 1.54 bits per heavy atom. The zero-order valence-electron chi connectivity index (χ0n) is 6.94. The van der Waals surface area contributed by atoms with E-state index in [-0.39, 0.29) is 5.56 Å². The van der Waals surface area contributed by atoms with Crippen molar-refractivity contribution >= 4 is 22.8 Å². The van der Waals surface area contributed by atoms with Gasteiger partial charge in [-0.25, -0.2) is 9.97 Å². The van der Waals surface area contributed by atoms with Gasteiger partial charge in [0.2, 0.25) is 0 Å². The third-order valence-corrected chi connectivity index (χ3v) is 2.22. The molecule has 2 aromatic rings. The van der Waals surface area contributed by atoms with E-state index in [0.29, 0.717) is 16.2 Å². The second-order valence-electron chi connectivity index (χ2n) is 2.45. The second kappa shape index (κ2) is 3.18. The standard InChI is InChI=1S/C8H7N3OS/c1-13-8-10-5-3-2-4-9-6(5)7(12)11-8/h2-4H,1H3,(H,10,11,12). The van der Waals surface area contributed by atoms with Gasteiger partial charge in [-0.05, 0) is 18.4 Å². The summed E-state index contributed by atoms with van der Waals surface area (Å²) in [4.78, 5) is 22.2. The van der Waals surface area contributed by atoms with Gasteiger partial charge in [-0.2, -0.15) is 0 Å². The lowest BCUT2D eigenvalue weighted by Gasteiger charge is -1.97. The van der Waals surface area contributed by atoms with Crippen LogP contribution in [0, 0.1) is 0 Å². The average Bonchev–Trinajstić information content (AvgIpc) is 2.18. The minimum absolute atomic E-state index is 0.185. The smallest absolute Gasteiger partial charge is 0.278 e. The third-order valence-electron chi connectivity index (χ3n) is 1.64. The van der Waals surface area contributed by atoms with Gasteiger partial charge in [-0.15, -0.1) is 0 Å². The summed E-state index contributed by atoms with van der Waals surface area (Å²) in [5, 5.41) is 0.616. The van der Waals surface area contributed by atoms with Gasteiger partial charge in [-0.1, -0.05) is 11.8 Å². The van der Waals surface area contributed by atoms with Crippen molar-refractivity contribution in [3.8, 4) is 0 Å². The first-order valence-electron chi connectivity index (χ1n) is 3.70. The highest BCUT2D eigenvalue weighted by Crippen LogP contribution is 2.09. The van der Waals surface area contributed by atoms with Crippen molar-refractivity contribution in [2.24, 2.45) is 0 Å². The molecular weight excluding hydrogens is 186 g/mol. The normalized spacial score (nSPS) is 10.5. The van der Waals surface area contributed by atoms with E-state index in [1.165, 1.54) is 11.8 Å². The molecule has 0 aliphatic rings. The molecule has 1 N–H and O–H groups in total. The van der Waals surface area contributed by atoms with Crippen LogP contribution < -0.4 is 5.56 Å². The lowest BCUT2D eigenvalue weighted by Crippen LogP contribution is -2.10. The zero-order valence-corrected chi connectivity index (χ0v) is 7.76. The molecule has 66 valence electrons. The monoisotopic (exact) mass is 193 g/mol. The van der Waals surface area contributed by atoms with Crippen LogP contribution in [0.5, 0.6) is 0 Å². The number of nitrogens with zero attached hydrogens (tertiary/aromatic N) is 2. The minimum atomic E-state index is -0.185. The molecule has 13 heavy (non-hydrogen) atoms. The highest BCUT2D eigenvalue weighted by molar-refractivity contribution is 7.98. The second-order valence-corrected chi connectivity index (χ2v) is 3.24. The number of pyridine rings is 1. The maximum Gasteiger partial charge on any atom is 0.278 e. The molecule has 4 nitrogen and oxygen atoms in total. The summed E-state index contributed by atoms with van der Waals surface area (Å²) in [6.45, 7) is 0. The van der Waals surface area contributed by atoms with Crippen LogP contribution in [0.15, 0.2) is 28.3 Å². The summed E-state index contributed by atoms with van der Waals surface area (Å²) in [5.41, 5.74) is 0.839. The predicted octanol–water partition coefficient (Wildman–Crippen LogP) is 1.04. The lowest BCUT2D eigenvalue weighted by atomic mass is 10.4. The fraction of sp³-hybridized carbons (Fsp3) is 0.125. The molecule has 0 spiro atoms. The van der Waals surface area contributed by atoms with Gasteiger partial charge < -0.3 is 0 Å². The number of rotatable bonds is 1. The van der Waals surface area contributed by atoms with Crippen LogP contribution in [0.2, 0.25) is 0 Å². The molecule has 0 fully saturated rings. The minimum Gasteiger partial charge on any atom is -0.300 e. The van der Waals surface area contributed by atoms with Gasteiger partial charge in [0.25, 0.3) is 5.56 Å². The van der Waals surface area contributed by atoms with Crippen molar-refractivity contribution in [1.82, 2.24) is 15.0 Å². The van der Waals surface area contributed by atoms with Gasteiger partial charge in [-0.3, -0.25) is 9.78 Å². The summed E-state index contributed by atoms with van der Waals surface area (Å²) in [5.74, 6) is 0. The Balaban J connectivity index is 2.85. The van der Waals surface area contributed by atoms with E-state index >= 15 is 0 Å². The van der Waals surface area contributed by atoms with Crippen LogP contribution in [-0.4, -0.2) is 21.2 Å². The van der Waals surface area contributed by atoms with E-state index in [0.717, 1.165) is 0 Å². The summed E-state index contributed by atoms with van der Waals surface area (Å²) in [6, 6.07) is 3.54. The summed E-state index contributed by atoms with van der Waals surface area (Å²) in [6.07, 6.45) is 3.44. The van der Waals surface area contributed by atoms with E-state index < -0.39 is 0 Å². The molecule has 5 heteroatoms. The molecular formula is C8H7N3OS.